The van der Waals surface area contributed by atoms with Crippen LogP contribution in [0, 0.1) is 0 Å². The number of halogens is 3. The van der Waals surface area contributed by atoms with Crippen molar-refractivity contribution >= 4 is 33.1 Å². The summed E-state index contributed by atoms with van der Waals surface area (Å²) in [6.07, 6.45) is -4.89. The number of benzene rings is 3. The quantitative estimate of drug-likeness (QED) is 0.326. The monoisotopic (exact) mass is 504 g/mol. The zero-order valence-corrected chi connectivity index (χ0v) is 19.5. The van der Waals surface area contributed by atoms with Gasteiger partial charge in [-0.3, -0.25) is 4.79 Å². The lowest BCUT2D eigenvalue weighted by Crippen LogP contribution is -2.18. The number of hydrogen-bond donors (Lipinski definition) is 1. The fourth-order valence-corrected chi connectivity index (χ4v) is 4.38. The number of carbonyl (C=O) groups is 1. The van der Waals surface area contributed by atoms with Gasteiger partial charge in [0.1, 0.15) is 28.0 Å². The predicted octanol–water partition coefficient (Wildman–Crippen LogP) is 6.14. The minimum absolute atomic E-state index is 0.0884. The average molecular weight is 504 g/mol. The van der Waals surface area contributed by atoms with E-state index in [1.807, 2.05) is 18.2 Å². The number of hydrogen-bond acceptors (Lipinski definition) is 7. The van der Waals surface area contributed by atoms with Crippen LogP contribution >= 0.6 is 11.3 Å². The summed E-state index contributed by atoms with van der Waals surface area (Å²) in [4.78, 5) is 17.5. The average Bonchev–Trinajstić information content (AvgIpc) is 3.25. The predicted molar refractivity (Wildman–Crippen MR) is 126 cm³/mol. The van der Waals surface area contributed by atoms with Gasteiger partial charge in [-0.15, -0.1) is 24.5 Å². The van der Waals surface area contributed by atoms with Crippen molar-refractivity contribution in [1.29, 1.82) is 0 Å². The lowest BCUT2D eigenvalue weighted by molar-refractivity contribution is -0.274. The van der Waals surface area contributed by atoms with Crippen LogP contribution in [0.5, 0.6) is 23.0 Å². The van der Waals surface area contributed by atoms with Gasteiger partial charge in [0.05, 0.1) is 42.7 Å². The van der Waals surface area contributed by atoms with E-state index in [1.165, 1.54) is 31.6 Å². The molecule has 0 saturated heterocycles. The van der Waals surface area contributed by atoms with Crippen LogP contribution in [0.15, 0.2) is 54.6 Å². The van der Waals surface area contributed by atoms with Crippen molar-refractivity contribution in [2.75, 3.05) is 26.6 Å². The number of methoxy groups -OCH3 is 3. The Morgan fingerprint density at radius 3 is 2.31 bits per heavy atom. The van der Waals surface area contributed by atoms with Crippen molar-refractivity contribution in [1.82, 2.24) is 4.98 Å². The molecule has 4 rings (SSSR count). The third-order valence-corrected chi connectivity index (χ3v) is 5.99. The second-order valence-corrected chi connectivity index (χ2v) is 8.16. The lowest BCUT2D eigenvalue weighted by Gasteiger charge is -2.14. The molecule has 0 unspecified atom stereocenters. The van der Waals surface area contributed by atoms with Gasteiger partial charge < -0.3 is 24.3 Å². The maximum Gasteiger partial charge on any atom is 0.573 e. The third-order valence-electron chi connectivity index (χ3n) is 4.93. The molecule has 0 aliphatic heterocycles. The Hall–Kier alpha value is -3.99. The number of alkyl halides is 3. The van der Waals surface area contributed by atoms with Crippen LogP contribution < -0.4 is 24.3 Å². The summed E-state index contributed by atoms with van der Waals surface area (Å²) in [5.41, 5.74) is 1.75. The molecular weight excluding hydrogens is 485 g/mol. The van der Waals surface area contributed by atoms with E-state index in [9.17, 15) is 18.0 Å². The van der Waals surface area contributed by atoms with Crippen LogP contribution in [-0.4, -0.2) is 38.6 Å². The third kappa shape index (κ3) is 5.40. The first kappa shape index (κ1) is 24.1. The van der Waals surface area contributed by atoms with E-state index in [-0.39, 0.29) is 11.3 Å². The molecule has 0 radical (unpaired) electrons. The summed E-state index contributed by atoms with van der Waals surface area (Å²) in [6.45, 7) is 0. The Morgan fingerprint density at radius 2 is 1.63 bits per heavy atom. The number of carbonyl (C=O) groups excluding carboxylic acids is 1. The molecule has 182 valence electrons. The number of aromatic nitrogens is 1. The van der Waals surface area contributed by atoms with Crippen LogP contribution in [0.1, 0.15) is 10.4 Å². The van der Waals surface area contributed by atoms with Crippen LogP contribution in [0.2, 0.25) is 0 Å². The van der Waals surface area contributed by atoms with Gasteiger partial charge in [0.2, 0.25) is 0 Å². The topological polar surface area (TPSA) is 78.9 Å². The van der Waals surface area contributed by atoms with Crippen molar-refractivity contribution in [3.05, 3.63) is 60.2 Å². The van der Waals surface area contributed by atoms with E-state index < -0.39 is 18.0 Å². The van der Waals surface area contributed by atoms with Gasteiger partial charge >= 0.3 is 6.36 Å². The summed E-state index contributed by atoms with van der Waals surface area (Å²) in [6, 6.07) is 13.8. The zero-order chi connectivity index (χ0) is 25.2. The fraction of sp³-hybridized carbons (Fsp3) is 0.167. The van der Waals surface area contributed by atoms with E-state index >= 15 is 0 Å². The molecule has 0 aliphatic rings. The van der Waals surface area contributed by atoms with Crippen molar-refractivity contribution in [3.8, 4) is 33.6 Å². The first-order valence-corrected chi connectivity index (χ1v) is 10.9. The maximum atomic E-state index is 12.9. The second-order valence-electron chi connectivity index (χ2n) is 7.13. The van der Waals surface area contributed by atoms with Gasteiger partial charge in [0.15, 0.2) is 0 Å². The zero-order valence-electron chi connectivity index (χ0n) is 18.7. The first-order valence-electron chi connectivity index (χ1n) is 10.1. The van der Waals surface area contributed by atoms with Crippen molar-refractivity contribution < 1.29 is 36.9 Å². The summed E-state index contributed by atoms with van der Waals surface area (Å²) >= 11 is 1.46. The number of ether oxygens (including phenoxy) is 4. The SMILES string of the molecule is COc1ccc2nc(-c3ccc(NC(=O)c4cc(OC(F)(F)F)ccc4OC)cc3OC)sc2c1. The molecule has 7 nitrogen and oxygen atoms in total. The fourth-order valence-electron chi connectivity index (χ4n) is 3.35. The van der Waals surface area contributed by atoms with E-state index in [1.54, 1.807) is 25.3 Å². The largest absolute Gasteiger partial charge is 0.573 e. The highest BCUT2D eigenvalue weighted by Gasteiger charge is 2.31. The Bertz CT molecular complexity index is 1390. The lowest BCUT2D eigenvalue weighted by atomic mass is 10.1. The Kier molecular flexibility index (Phi) is 6.70. The Balaban J connectivity index is 1.61. The molecule has 0 saturated carbocycles. The minimum Gasteiger partial charge on any atom is -0.497 e. The van der Waals surface area contributed by atoms with Crippen molar-refractivity contribution in [2.45, 2.75) is 6.36 Å². The van der Waals surface area contributed by atoms with Crippen LogP contribution in [0.3, 0.4) is 0 Å². The van der Waals surface area contributed by atoms with Gasteiger partial charge in [-0.1, -0.05) is 0 Å². The van der Waals surface area contributed by atoms with Crippen molar-refractivity contribution in [3.63, 3.8) is 0 Å². The van der Waals surface area contributed by atoms with Crippen LogP contribution in [0.4, 0.5) is 18.9 Å². The molecule has 3 aromatic carbocycles. The molecule has 4 aromatic rings. The van der Waals surface area contributed by atoms with Crippen LogP contribution in [-0.2, 0) is 0 Å². The van der Waals surface area contributed by atoms with E-state index in [4.69, 9.17) is 14.2 Å². The molecule has 0 spiro atoms. The van der Waals surface area contributed by atoms with Gasteiger partial charge in [0, 0.05) is 11.8 Å². The summed E-state index contributed by atoms with van der Waals surface area (Å²) in [5, 5.41) is 3.36. The number of anilines is 1. The Morgan fingerprint density at radius 1 is 0.886 bits per heavy atom. The first-order chi connectivity index (χ1) is 16.7. The molecule has 11 heteroatoms. The molecule has 1 heterocycles. The molecule has 0 fully saturated rings. The maximum absolute atomic E-state index is 12.9. The number of fused-ring (bicyclic) bond motifs is 1. The smallest absolute Gasteiger partial charge is 0.497 e. The molecule has 0 aliphatic carbocycles. The molecule has 1 N–H and O–H groups in total. The van der Waals surface area contributed by atoms with Gasteiger partial charge in [-0.25, -0.2) is 4.98 Å². The second kappa shape index (κ2) is 9.71. The van der Waals surface area contributed by atoms with Gasteiger partial charge in [-0.2, -0.15) is 0 Å². The highest BCUT2D eigenvalue weighted by atomic mass is 32.1. The molecule has 0 atom stereocenters. The number of amides is 1. The molecule has 35 heavy (non-hydrogen) atoms. The molecular formula is C24H19F3N2O5S. The van der Waals surface area contributed by atoms with Crippen molar-refractivity contribution in [2.24, 2.45) is 0 Å². The summed E-state index contributed by atoms with van der Waals surface area (Å²) in [5.74, 6) is 0.0403. The Labute approximate surface area is 202 Å². The minimum atomic E-state index is -4.89. The number of thiazole rings is 1. The van der Waals surface area contributed by atoms with Gasteiger partial charge in [-0.05, 0) is 48.5 Å². The molecule has 1 amide bonds. The standard InChI is InChI=1S/C24H19F3N2O5S/c1-31-14-5-8-18-21(12-14)35-23(29-18)16-7-4-13(10-20(16)33-3)28-22(30)17-11-15(34-24(25,26)27)6-9-19(17)32-2/h4-12H,1-3H3,(H,28,30). The van der Waals surface area contributed by atoms with E-state index in [2.05, 4.69) is 15.0 Å². The van der Waals surface area contributed by atoms with E-state index in [0.29, 0.717) is 22.0 Å². The number of nitrogens with one attached hydrogen (secondary N) is 1. The highest BCUT2D eigenvalue weighted by Crippen LogP contribution is 2.38. The number of nitrogens with zero attached hydrogens (tertiary/aromatic N) is 1. The number of rotatable bonds is 7. The molecule has 1 aromatic heterocycles. The summed E-state index contributed by atoms with van der Waals surface area (Å²) < 4.78 is 58.5. The van der Waals surface area contributed by atoms with Gasteiger partial charge in [0.25, 0.3) is 5.91 Å². The normalized spacial score (nSPS) is 11.3. The van der Waals surface area contributed by atoms with Crippen LogP contribution in [0.25, 0.3) is 20.8 Å². The summed E-state index contributed by atoms with van der Waals surface area (Å²) in [7, 11) is 4.39. The highest BCUT2D eigenvalue weighted by molar-refractivity contribution is 7.21. The molecule has 0 bridgehead atoms. The van der Waals surface area contributed by atoms with E-state index in [0.717, 1.165) is 28.1 Å².